The number of anilines is 1. The highest BCUT2D eigenvalue weighted by atomic mass is 32.2. The SMILES string of the molecule is CN=C(Nc1c(-c2ccc(F)cc2)c(C)nn1C=O)SCC(F)=C(F)F. The van der Waals surface area contributed by atoms with E-state index in [4.69, 9.17) is 0 Å². The van der Waals surface area contributed by atoms with Gasteiger partial charge in [0.2, 0.25) is 6.41 Å². The number of aromatic nitrogens is 2. The van der Waals surface area contributed by atoms with Crippen molar-refractivity contribution in [1.82, 2.24) is 9.78 Å². The molecule has 1 heterocycles. The van der Waals surface area contributed by atoms with E-state index in [1.165, 1.54) is 31.3 Å². The minimum absolute atomic E-state index is 0.104. The Balaban J connectivity index is 2.37. The fourth-order valence-corrected chi connectivity index (χ4v) is 2.82. The quantitative estimate of drug-likeness (QED) is 0.361. The van der Waals surface area contributed by atoms with E-state index in [-0.39, 0.29) is 11.0 Å². The Morgan fingerprint density at radius 1 is 1.31 bits per heavy atom. The molecule has 0 unspecified atom stereocenters. The van der Waals surface area contributed by atoms with Crippen molar-refractivity contribution in [1.29, 1.82) is 0 Å². The normalized spacial score (nSPS) is 11.4. The number of aliphatic imine (C=N–C) groups is 1. The molecule has 26 heavy (non-hydrogen) atoms. The highest BCUT2D eigenvalue weighted by Gasteiger charge is 2.19. The van der Waals surface area contributed by atoms with Crippen molar-refractivity contribution < 1.29 is 22.4 Å². The van der Waals surface area contributed by atoms with E-state index in [2.05, 4.69) is 15.4 Å². The summed E-state index contributed by atoms with van der Waals surface area (Å²) in [7, 11) is 1.38. The van der Waals surface area contributed by atoms with Gasteiger partial charge in [0.25, 0.3) is 0 Å². The van der Waals surface area contributed by atoms with Crippen LogP contribution in [-0.4, -0.2) is 34.2 Å². The molecule has 0 aliphatic carbocycles. The summed E-state index contributed by atoms with van der Waals surface area (Å²) in [6.07, 6.45) is -1.95. The number of aryl methyl sites for hydroxylation is 1. The summed E-state index contributed by atoms with van der Waals surface area (Å²) in [5.41, 5.74) is 1.57. The summed E-state index contributed by atoms with van der Waals surface area (Å²) in [4.78, 5) is 15.2. The maximum absolute atomic E-state index is 13.2. The number of halogens is 4. The maximum atomic E-state index is 13.2. The molecule has 5 nitrogen and oxygen atoms in total. The number of rotatable bonds is 5. The second-order valence-corrected chi connectivity index (χ2v) is 5.94. The molecule has 0 radical (unpaired) electrons. The number of nitrogens with zero attached hydrogens (tertiary/aromatic N) is 3. The average molecular weight is 386 g/mol. The zero-order valence-electron chi connectivity index (χ0n) is 13.8. The Hall–Kier alpha value is -2.62. The van der Waals surface area contributed by atoms with E-state index in [9.17, 15) is 22.4 Å². The number of carbonyl (C=O) groups is 1. The molecule has 1 aromatic heterocycles. The predicted molar refractivity (Wildman–Crippen MR) is 94.3 cm³/mol. The third kappa shape index (κ3) is 4.51. The Labute approximate surface area is 150 Å². The molecule has 138 valence electrons. The van der Waals surface area contributed by atoms with Crippen molar-refractivity contribution >= 4 is 29.2 Å². The van der Waals surface area contributed by atoms with Crippen LogP contribution in [0, 0.1) is 12.7 Å². The third-order valence-corrected chi connectivity index (χ3v) is 4.24. The molecule has 0 atom stereocenters. The Kier molecular flexibility index (Phi) is 6.56. The van der Waals surface area contributed by atoms with Gasteiger partial charge in [-0.15, -0.1) is 0 Å². The average Bonchev–Trinajstić information content (AvgIpc) is 2.94. The van der Waals surface area contributed by atoms with Gasteiger partial charge in [0.15, 0.2) is 11.0 Å². The van der Waals surface area contributed by atoms with Gasteiger partial charge in [-0.2, -0.15) is 18.6 Å². The highest BCUT2D eigenvalue weighted by molar-refractivity contribution is 8.14. The van der Waals surface area contributed by atoms with Crippen LogP contribution in [0.2, 0.25) is 0 Å². The number of hydrogen-bond donors (Lipinski definition) is 1. The van der Waals surface area contributed by atoms with Crippen molar-refractivity contribution in [3.63, 3.8) is 0 Å². The number of benzene rings is 1. The molecule has 0 aliphatic rings. The molecule has 0 saturated heterocycles. The smallest absolute Gasteiger partial charge is 0.302 e. The van der Waals surface area contributed by atoms with Crippen LogP contribution in [0.1, 0.15) is 5.69 Å². The lowest BCUT2D eigenvalue weighted by atomic mass is 10.1. The van der Waals surface area contributed by atoms with Crippen LogP contribution >= 0.6 is 11.8 Å². The highest BCUT2D eigenvalue weighted by Crippen LogP contribution is 2.32. The summed E-state index contributed by atoms with van der Waals surface area (Å²) in [5, 5.41) is 6.97. The van der Waals surface area contributed by atoms with Gasteiger partial charge < -0.3 is 5.32 Å². The summed E-state index contributed by atoms with van der Waals surface area (Å²) in [6.45, 7) is 1.65. The van der Waals surface area contributed by atoms with Crippen LogP contribution < -0.4 is 5.32 Å². The van der Waals surface area contributed by atoms with Gasteiger partial charge in [0.05, 0.1) is 11.4 Å². The lowest BCUT2D eigenvalue weighted by Crippen LogP contribution is -2.14. The Bertz CT molecular complexity index is 858. The molecule has 2 aromatic rings. The molecule has 0 aliphatic heterocycles. The number of nitrogens with one attached hydrogen (secondary N) is 1. The lowest BCUT2D eigenvalue weighted by Gasteiger charge is -2.11. The molecule has 0 spiro atoms. The van der Waals surface area contributed by atoms with Gasteiger partial charge in [-0.05, 0) is 24.6 Å². The summed E-state index contributed by atoms with van der Waals surface area (Å²) in [5.74, 6) is -2.40. The minimum Gasteiger partial charge on any atom is -0.319 e. The topological polar surface area (TPSA) is 59.3 Å². The van der Waals surface area contributed by atoms with Crippen LogP contribution in [0.5, 0.6) is 0 Å². The van der Waals surface area contributed by atoms with Crippen LogP contribution in [0.4, 0.5) is 23.4 Å². The summed E-state index contributed by atoms with van der Waals surface area (Å²) in [6, 6.07) is 5.53. The first-order valence-electron chi connectivity index (χ1n) is 7.24. The zero-order valence-corrected chi connectivity index (χ0v) is 14.6. The molecule has 0 saturated carbocycles. The fraction of sp³-hybridized carbons (Fsp3) is 0.188. The molecule has 1 aromatic carbocycles. The van der Waals surface area contributed by atoms with Crippen molar-refractivity contribution in [2.75, 3.05) is 18.1 Å². The number of amidine groups is 1. The Morgan fingerprint density at radius 3 is 2.50 bits per heavy atom. The van der Waals surface area contributed by atoms with Gasteiger partial charge in [-0.3, -0.25) is 9.79 Å². The monoisotopic (exact) mass is 386 g/mol. The van der Waals surface area contributed by atoms with E-state index in [1.807, 2.05) is 0 Å². The lowest BCUT2D eigenvalue weighted by molar-refractivity contribution is 0.381. The first-order valence-corrected chi connectivity index (χ1v) is 8.22. The van der Waals surface area contributed by atoms with Crippen molar-refractivity contribution in [3.8, 4) is 11.1 Å². The van der Waals surface area contributed by atoms with Crippen LogP contribution in [-0.2, 0) is 4.79 Å². The van der Waals surface area contributed by atoms with Crippen LogP contribution in [0.15, 0.2) is 41.2 Å². The first kappa shape index (κ1) is 19.7. The second kappa shape index (κ2) is 8.65. The van der Waals surface area contributed by atoms with Crippen molar-refractivity contribution in [2.24, 2.45) is 4.99 Å². The van der Waals surface area contributed by atoms with Gasteiger partial charge >= 0.3 is 6.08 Å². The maximum Gasteiger partial charge on any atom is 0.302 e. The molecular formula is C16H14F4N4OS. The van der Waals surface area contributed by atoms with Gasteiger partial charge in [-0.1, -0.05) is 23.9 Å². The number of thioether (sulfide) groups is 1. The van der Waals surface area contributed by atoms with E-state index in [0.717, 1.165) is 4.68 Å². The number of hydrogen-bond acceptors (Lipinski definition) is 4. The molecule has 0 fully saturated rings. The summed E-state index contributed by atoms with van der Waals surface area (Å²) < 4.78 is 51.6. The van der Waals surface area contributed by atoms with E-state index in [0.29, 0.717) is 35.0 Å². The van der Waals surface area contributed by atoms with Gasteiger partial charge in [0, 0.05) is 12.6 Å². The van der Waals surface area contributed by atoms with Gasteiger partial charge in [0.1, 0.15) is 11.6 Å². The van der Waals surface area contributed by atoms with Crippen molar-refractivity contribution in [2.45, 2.75) is 6.92 Å². The zero-order chi connectivity index (χ0) is 19.3. The van der Waals surface area contributed by atoms with E-state index >= 15 is 0 Å². The van der Waals surface area contributed by atoms with Crippen molar-refractivity contribution in [3.05, 3.63) is 47.7 Å². The van der Waals surface area contributed by atoms with E-state index < -0.39 is 23.5 Å². The Morgan fingerprint density at radius 2 is 1.96 bits per heavy atom. The predicted octanol–water partition coefficient (Wildman–Crippen LogP) is 4.24. The first-order chi connectivity index (χ1) is 12.4. The largest absolute Gasteiger partial charge is 0.319 e. The fourth-order valence-electron chi connectivity index (χ4n) is 2.15. The minimum atomic E-state index is -2.39. The third-order valence-electron chi connectivity index (χ3n) is 3.29. The molecule has 2 rings (SSSR count). The molecular weight excluding hydrogens is 372 g/mol. The van der Waals surface area contributed by atoms with Crippen LogP contribution in [0.25, 0.3) is 11.1 Å². The summed E-state index contributed by atoms with van der Waals surface area (Å²) >= 11 is 0.697. The van der Waals surface area contributed by atoms with E-state index in [1.54, 1.807) is 6.92 Å². The second-order valence-electron chi connectivity index (χ2n) is 4.97. The molecule has 0 amide bonds. The molecule has 0 bridgehead atoms. The molecule has 1 N–H and O–H groups in total. The molecule has 10 heteroatoms. The number of carbonyl (C=O) groups excluding carboxylic acids is 1. The van der Waals surface area contributed by atoms with Crippen LogP contribution in [0.3, 0.4) is 0 Å². The van der Waals surface area contributed by atoms with Gasteiger partial charge in [-0.25, -0.2) is 8.78 Å². The standard InChI is InChI=1S/C16H14F4N4OS/c1-9-13(10-3-5-11(17)6-4-10)15(24(8-25)23-9)22-16(21-2)26-7-12(18)14(19)20/h3-6,8H,7H2,1-2H3,(H,21,22).